The average molecular weight is 383 g/mol. The van der Waals surface area contributed by atoms with Gasteiger partial charge in [-0.15, -0.1) is 0 Å². The molecule has 4 nitrogen and oxygen atoms in total. The van der Waals surface area contributed by atoms with E-state index in [1.165, 1.54) is 5.56 Å². The molecule has 0 aliphatic heterocycles. The molecule has 1 fully saturated rings. The lowest BCUT2D eigenvalue weighted by Gasteiger charge is -2.22. The molecule has 22 heavy (non-hydrogen) atoms. The topological polar surface area (TPSA) is 47.0 Å². The second-order valence-corrected chi connectivity index (χ2v) is 6.54. The van der Waals surface area contributed by atoms with Gasteiger partial charge >= 0.3 is 0 Å². The lowest BCUT2D eigenvalue weighted by Crippen LogP contribution is -2.31. The third-order valence-electron chi connectivity index (χ3n) is 3.80. The highest BCUT2D eigenvalue weighted by atomic mass is 79.9. The van der Waals surface area contributed by atoms with Gasteiger partial charge in [0.15, 0.2) is 0 Å². The number of rotatable bonds is 5. The second kappa shape index (κ2) is 7.40. The monoisotopic (exact) mass is 381 g/mol. The molecule has 1 heterocycles. The van der Waals surface area contributed by atoms with Crippen LogP contribution in [0.2, 0.25) is 5.28 Å². The van der Waals surface area contributed by atoms with Crippen molar-refractivity contribution in [3.05, 3.63) is 51.8 Å². The van der Waals surface area contributed by atoms with E-state index in [0.29, 0.717) is 6.61 Å². The van der Waals surface area contributed by atoms with Gasteiger partial charge in [0, 0.05) is 6.20 Å². The van der Waals surface area contributed by atoms with E-state index < -0.39 is 0 Å². The fourth-order valence-electron chi connectivity index (χ4n) is 2.69. The van der Waals surface area contributed by atoms with Crippen LogP contribution in [-0.2, 0) is 11.3 Å². The van der Waals surface area contributed by atoms with E-state index in [0.717, 1.165) is 29.6 Å². The molecule has 2 aromatic rings. The molecule has 0 spiro atoms. The molecular formula is C16H17BrClN3O. The van der Waals surface area contributed by atoms with Crippen molar-refractivity contribution in [2.45, 2.75) is 38.0 Å². The molecular weight excluding hydrogens is 366 g/mol. The number of hydrogen-bond donors (Lipinski definition) is 1. The van der Waals surface area contributed by atoms with Crippen LogP contribution < -0.4 is 5.32 Å². The van der Waals surface area contributed by atoms with E-state index in [9.17, 15) is 0 Å². The molecule has 0 bridgehead atoms. The molecule has 1 N–H and O–H groups in total. The predicted octanol–water partition coefficient (Wildman–Crippen LogP) is 4.44. The molecule has 1 aliphatic carbocycles. The molecule has 116 valence electrons. The van der Waals surface area contributed by atoms with Crippen LogP contribution in [0.1, 0.15) is 24.8 Å². The Morgan fingerprint density at radius 1 is 1.27 bits per heavy atom. The fraction of sp³-hybridized carbons (Fsp3) is 0.375. The van der Waals surface area contributed by atoms with Gasteiger partial charge in [-0.2, -0.15) is 4.98 Å². The number of nitrogens with one attached hydrogen (secondary N) is 1. The number of hydrogen-bond acceptors (Lipinski definition) is 4. The molecule has 2 atom stereocenters. The number of halogens is 2. The number of anilines is 1. The van der Waals surface area contributed by atoms with Crippen molar-refractivity contribution in [1.82, 2.24) is 9.97 Å². The van der Waals surface area contributed by atoms with Crippen molar-refractivity contribution in [2.24, 2.45) is 0 Å². The van der Waals surface area contributed by atoms with Gasteiger partial charge in [-0.3, -0.25) is 0 Å². The fourth-order valence-corrected chi connectivity index (χ4v) is 3.13. The van der Waals surface area contributed by atoms with Gasteiger partial charge in [0.1, 0.15) is 5.82 Å². The molecule has 1 aromatic carbocycles. The van der Waals surface area contributed by atoms with Gasteiger partial charge in [-0.1, -0.05) is 30.3 Å². The van der Waals surface area contributed by atoms with E-state index in [-0.39, 0.29) is 17.4 Å². The number of aromatic nitrogens is 2. The molecule has 0 saturated heterocycles. The predicted molar refractivity (Wildman–Crippen MR) is 91.0 cm³/mol. The molecule has 1 aromatic heterocycles. The zero-order chi connectivity index (χ0) is 15.4. The van der Waals surface area contributed by atoms with Crippen LogP contribution in [0.3, 0.4) is 0 Å². The molecule has 6 heteroatoms. The summed E-state index contributed by atoms with van der Waals surface area (Å²) in [6.45, 7) is 0.634. The Bertz CT molecular complexity index is 626. The van der Waals surface area contributed by atoms with Crippen molar-refractivity contribution in [3.63, 3.8) is 0 Å². The molecule has 0 radical (unpaired) electrons. The number of ether oxygens (including phenoxy) is 1. The third kappa shape index (κ3) is 3.97. The summed E-state index contributed by atoms with van der Waals surface area (Å²) in [6.07, 6.45) is 5.11. The van der Waals surface area contributed by atoms with Crippen LogP contribution >= 0.6 is 27.5 Å². The van der Waals surface area contributed by atoms with Gasteiger partial charge in [-0.25, -0.2) is 4.98 Å². The lowest BCUT2D eigenvalue weighted by atomic mass is 10.2. The summed E-state index contributed by atoms with van der Waals surface area (Å²) in [7, 11) is 0. The summed E-state index contributed by atoms with van der Waals surface area (Å²) in [5.41, 5.74) is 1.19. The van der Waals surface area contributed by atoms with Gasteiger partial charge in [0.25, 0.3) is 0 Å². The maximum Gasteiger partial charge on any atom is 0.224 e. The van der Waals surface area contributed by atoms with E-state index >= 15 is 0 Å². The first-order valence-corrected chi connectivity index (χ1v) is 8.49. The van der Waals surface area contributed by atoms with Gasteiger partial charge in [-0.05, 0) is 52.4 Å². The maximum atomic E-state index is 6.09. The van der Waals surface area contributed by atoms with E-state index in [1.54, 1.807) is 6.20 Å². The first kappa shape index (κ1) is 15.7. The van der Waals surface area contributed by atoms with Crippen molar-refractivity contribution >= 4 is 33.3 Å². The van der Waals surface area contributed by atoms with Crippen molar-refractivity contribution < 1.29 is 4.74 Å². The summed E-state index contributed by atoms with van der Waals surface area (Å²) in [5.74, 6) is 0.722. The van der Waals surface area contributed by atoms with E-state index in [1.807, 2.05) is 18.2 Å². The van der Waals surface area contributed by atoms with Crippen molar-refractivity contribution in [1.29, 1.82) is 0 Å². The molecule has 3 rings (SSSR count). The Kier molecular flexibility index (Phi) is 5.28. The number of nitrogens with zero attached hydrogens (tertiary/aromatic N) is 2. The van der Waals surface area contributed by atoms with E-state index in [4.69, 9.17) is 16.3 Å². The Balaban J connectivity index is 1.62. The first-order valence-electron chi connectivity index (χ1n) is 7.32. The standard InChI is InChI=1S/C16H17BrClN3O/c17-12-9-19-16(18)21-15(12)20-13-7-4-8-14(13)22-10-11-5-2-1-3-6-11/h1-3,5-6,9,13-14H,4,7-8,10H2,(H,19,20,21)/t13-,14-/m0/s1. The summed E-state index contributed by atoms with van der Waals surface area (Å²) < 4.78 is 6.90. The normalized spacial score (nSPS) is 21.0. The Morgan fingerprint density at radius 3 is 2.91 bits per heavy atom. The summed E-state index contributed by atoms with van der Waals surface area (Å²) in [5, 5.41) is 3.67. The summed E-state index contributed by atoms with van der Waals surface area (Å²) in [6, 6.07) is 10.5. The number of benzene rings is 1. The highest BCUT2D eigenvalue weighted by Crippen LogP contribution is 2.28. The van der Waals surface area contributed by atoms with Crippen LogP contribution in [0, 0.1) is 0 Å². The summed E-state index contributed by atoms with van der Waals surface area (Å²) >= 11 is 9.31. The van der Waals surface area contributed by atoms with Crippen molar-refractivity contribution in [3.8, 4) is 0 Å². The van der Waals surface area contributed by atoms with Gasteiger partial charge in [0.05, 0.1) is 23.2 Å². The van der Waals surface area contributed by atoms with Gasteiger partial charge < -0.3 is 10.1 Å². The third-order valence-corrected chi connectivity index (χ3v) is 4.56. The minimum atomic E-state index is 0.181. The Morgan fingerprint density at radius 2 is 2.09 bits per heavy atom. The van der Waals surface area contributed by atoms with Crippen LogP contribution in [0.4, 0.5) is 5.82 Å². The molecule has 1 aliphatic rings. The highest BCUT2D eigenvalue weighted by Gasteiger charge is 2.28. The van der Waals surface area contributed by atoms with Crippen LogP contribution in [0.15, 0.2) is 41.0 Å². The Hall–Kier alpha value is -1.17. The van der Waals surface area contributed by atoms with Crippen molar-refractivity contribution in [2.75, 3.05) is 5.32 Å². The largest absolute Gasteiger partial charge is 0.371 e. The molecule has 0 amide bonds. The molecule has 1 saturated carbocycles. The highest BCUT2D eigenvalue weighted by molar-refractivity contribution is 9.10. The minimum absolute atomic E-state index is 0.181. The Labute approximate surface area is 143 Å². The van der Waals surface area contributed by atoms with Crippen LogP contribution in [0.5, 0.6) is 0 Å². The SMILES string of the molecule is Clc1ncc(Br)c(N[C@H]2CCC[C@@H]2OCc2ccccc2)n1. The quantitative estimate of drug-likeness (QED) is 0.777. The minimum Gasteiger partial charge on any atom is -0.371 e. The van der Waals surface area contributed by atoms with Crippen LogP contribution in [-0.4, -0.2) is 22.1 Å². The maximum absolute atomic E-state index is 6.09. The lowest BCUT2D eigenvalue weighted by molar-refractivity contribution is 0.0394. The summed E-state index contributed by atoms with van der Waals surface area (Å²) in [4.78, 5) is 8.17. The van der Waals surface area contributed by atoms with E-state index in [2.05, 4.69) is 43.3 Å². The second-order valence-electron chi connectivity index (χ2n) is 5.35. The van der Waals surface area contributed by atoms with Crippen LogP contribution in [0.25, 0.3) is 0 Å². The zero-order valence-electron chi connectivity index (χ0n) is 12.0. The average Bonchev–Trinajstić information content (AvgIpc) is 2.97. The van der Waals surface area contributed by atoms with Gasteiger partial charge in [0.2, 0.25) is 5.28 Å². The smallest absolute Gasteiger partial charge is 0.224 e. The first-order chi connectivity index (χ1) is 10.7. The zero-order valence-corrected chi connectivity index (χ0v) is 14.3. The molecule has 0 unspecified atom stereocenters.